The molecule has 5 heteroatoms. The van der Waals surface area contributed by atoms with Gasteiger partial charge in [0, 0.05) is 20.7 Å². The van der Waals surface area contributed by atoms with Crippen LogP contribution < -0.4 is 0 Å². The zero-order chi connectivity index (χ0) is 12.4. The summed E-state index contributed by atoms with van der Waals surface area (Å²) >= 11 is 0. The molecular weight excluding hydrogens is 208 g/mol. The van der Waals surface area contributed by atoms with E-state index < -0.39 is 0 Å². The summed E-state index contributed by atoms with van der Waals surface area (Å²) in [4.78, 5) is 13.0. The van der Waals surface area contributed by atoms with Crippen molar-refractivity contribution in [3.05, 3.63) is 0 Å². The van der Waals surface area contributed by atoms with Crippen molar-refractivity contribution in [1.82, 2.24) is 4.90 Å². The fourth-order valence-electron chi connectivity index (χ4n) is 1.16. The highest BCUT2D eigenvalue weighted by molar-refractivity contribution is 5.75. The molecule has 0 fully saturated rings. The summed E-state index contributed by atoms with van der Waals surface area (Å²) in [7, 11) is 3.30. The Morgan fingerprint density at radius 1 is 1.56 bits per heavy atom. The number of hydrogen-bond acceptors (Lipinski definition) is 4. The third-order valence-corrected chi connectivity index (χ3v) is 2.10. The van der Waals surface area contributed by atoms with Crippen LogP contribution >= 0.6 is 0 Å². The molecule has 92 valence electrons. The lowest BCUT2D eigenvalue weighted by atomic mass is 10.3. The Labute approximate surface area is 96.9 Å². The maximum Gasteiger partial charge on any atom is 0.224 e. The average molecular weight is 228 g/mol. The van der Waals surface area contributed by atoms with Gasteiger partial charge in [-0.15, -0.1) is 0 Å². The van der Waals surface area contributed by atoms with Gasteiger partial charge in [0.25, 0.3) is 0 Å². The molecule has 1 amide bonds. The minimum atomic E-state index is -0.000123. The van der Waals surface area contributed by atoms with Crippen molar-refractivity contribution in [2.45, 2.75) is 25.9 Å². The van der Waals surface area contributed by atoms with Crippen molar-refractivity contribution < 1.29 is 14.3 Å². The maximum atomic E-state index is 11.5. The van der Waals surface area contributed by atoms with Gasteiger partial charge in [0.05, 0.1) is 38.2 Å². The molecule has 0 radical (unpaired) electrons. The molecule has 1 unspecified atom stereocenters. The van der Waals surface area contributed by atoms with Crippen molar-refractivity contribution in [2.75, 3.05) is 33.9 Å². The zero-order valence-corrected chi connectivity index (χ0v) is 10.2. The van der Waals surface area contributed by atoms with Gasteiger partial charge in [0.15, 0.2) is 0 Å². The standard InChI is InChI=1S/C11H20N2O3/c1-10(9-15-3)16-8-5-11(14)13(2)7-4-6-12/h10H,4-5,7-9H2,1-3H3. The van der Waals surface area contributed by atoms with Gasteiger partial charge in [-0.05, 0) is 6.92 Å². The van der Waals surface area contributed by atoms with E-state index in [1.54, 1.807) is 19.1 Å². The van der Waals surface area contributed by atoms with Gasteiger partial charge in [-0.25, -0.2) is 0 Å². The molecule has 0 aliphatic heterocycles. The lowest BCUT2D eigenvalue weighted by molar-refractivity contribution is -0.131. The molecule has 0 aliphatic rings. The summed E-state index contributed by atoms with van der Waals surface area (Å²) < 4.78 is 10.3. The zero-order valence-electron chi connectivity index (χ0n) is 10.2. The van der Waals surface area contributed by atoms with E-state index in [2.05, 4.69) is 0 Å². The van der Waals surface area contributed by atoms with Crippen molar-refractivity contribution >= 4 is 5.91 Å². The number of nitrogens with zero attached hydrogens (tertiary/aromatic N) is 2. The van der Waals surface area contributed by atoms with Crippen LogP contribution in [0, 0.1) is 11.3 Å². The van der Waals surface area contributed by atoms with E-state index in [0.29, 0.717) is 32.6 Å². The van der Waals surface area contributed by atoms with Gasteiger partial charge in [-0.3, -0.25) is 4.79 Å². The SMILES string of the molecule is COCC(C)OCCC(=O)N(C)CCC#N. The van der Waals surface area contributed by atoms with Crippen molar-refractivity contribution in [3.8, 4) is 6.07 Å². The first-order valence-corrected chi connectivity index (χ1v) is 5.33. The summed E-state index contributed by atoms with van der Waals surface area (Å²) in [5.41, 5.74) is 0. The third kappa shape index (κ3) is 7.21. The quantitative estimate of drug-likeness (QED) is 0.616. The normalized spacial score (nSPS) is 11.9. The molecular formula is C11H20N2O3. The molecule has 0 aliphatic carbocycles. The Morgan fingerprint density at radius 2 is 2.25 bits per heavy atom. The first-order valence-electron chi connectivity index (χ1n) is 5.33. The molecule has 0 aromatic heterocycles. The molecule has 0 bridgehead atoms. The summed E-state index contributed by atoms with van der Waals surface area (Å²) in [5.74, 6) is -0.000123. The smallest absolute Gasteiger partial charge is 0.224 e. The molecule has 5 nitrogen and oxygen atoms in total. The molecule has 0 saturated heterocycles. The fraction of sp³-hybridized carbons (Fsp3) is 0.818. The number of ether oxygens (including phenoxy) is 2. The van der Waals surface area contributed by atoms with E-state index in [9.17, 15) is 4.79 Å². The largest absolute Gasteiger partial charge is 0.382 e. The Hall–Kier alpha value is -1.12. The molecule has 0 aromatic carbocycles. The van der Waals surface area contributed by atoms with Crippen LogP contribution in [0.1, 0.15) is 19.8 Å². The number of rotatable bonds is 8. The van der Waals surface area contributed by atoms with Crippen LogP contribution in [0.15, 0.2) is 0 Å². The van der Waals surface area contributed by atoms with E-state index in [4.69, 9.17) is 14.7 Å². The van der Waals surface area contributed by atoms with Gasteiger partial charge in [0.1, 0.15) is 0 Å². The van der Waals surface area contributed by atoms with Crippen LogP contribution in [0.5, 0.6) is 0 Å². The predicted molar refractivity (Wildman–Crippen MR) is 59.8 cm³/mol. The van der Waals surface area contributed by atoms with Crippen LogP contribution in [-0.2, 0) is 14.3 Å². The summed E-state index contributed by atoms with van der Waals surface area (Å²) in [5, 5.41) is 8.38. The monoisotopic (exact) mass is 228 g/mol. The molecule has 0 saturated carbocycles. The number of amides is 1. The fourth-order valence-corrected chi connectivity index (χ4v) is 1.16. The molecule has 0 aromatic rings. The predicted octanol–water partition coefficient (Wildman–Crippen LogP) is 0.800. The highest BCUT2D eigenvalue weighted by Crippen LogP contribution is 1.97. The Kier molecular flexibility index (Phi) is 8.49. The van der Waals surface area contributed by atoms with Crippen molar-refractivity contribution in [2.24, 2.45) is 0 Å². The van der Waals surface area contributed by atoms with Gasteiger partial charge in [0.2, 0.25) is 5.91 Å². The third-order valence-electron chi connectivity index (χ3n) is 2.10. The Morgan fingerprint density at radius 3 is 2.81 bits per heavy atom. The van der Waals surface area contributed by atoms with Gasteiger partial charge < -0.3 is 14.4 Å². The second-order valence-corrected chi connectivity index (χ2v) is 3.61. The average Bonchev–Trinajstić information content (AvgIpc) is 2.26. The van der Waals surface area contributed by atoms with E-state index in [-0.39, 0.29) is 12.0 Å². The molecule has 16 heavy (non-hydrogen) atoms. The molecule has 0 N–H and O–H groups in total. The molecule has 0 spiro atoms. The van der Waals surface area contributed by atoms with E-state index in [0.717, 1.165) is 0 Å². The molecule has 1 atom stereocenters. The minimum Gasteiger partial charge on any atom is -0.382 e. The Bertz CT molecular complexity index is 238. The van der Waals surface area contributed by atoms with Crippen LogP contribution in [0.2, 0.25) is 0 Å². The molecule has 0 rings (SSSR count). The van der Waals surface area contributed by atoms with E-state index >= 15 is 0 Å². The number of nitriles is 1. The van der Waals surface area contributed by atoms with E-state index in [1.807, 2.05) is 13.0 Å². The van der Waals surface area contributed by atoms with Crippen molar-refractivity contribution in [3.63, 3.8) is 0 Å². The highest BCUT2D eigenvalue weighted by atomic mass is 16.5. The first kappa shape index (κ1) is 14.9. The summed E-state index contributed by atoms with van der Waals surface area (Å²) in [6.45, 7) is 3.29. The first-order chi connectivity index (χ1) is 7.61. The number of hydrogen-bond donors (Lipinski definition) is 0. The topological polar surface area (TPSA) is 62.6 Å². The lowest BCUT2D eigenvalue weighted by Gasteiger charge is -2.16. The second-order valence-electron chi connectivity index (χ2n) is 3.61. The van der Waals surface area contributed by atoms with Crippen LogP contribution in [0.4, 0.5) is 0 Å². The van der Waals surface area contributed by atoms with Gasteiger partial charge in [-0.1, -0.05) is 0 Å². The Balaban J connectivity index is 3.61. The number of carbonyl (C=O) groups is 1. The summed E-state index contributed by atoms with van der Waals surface area (Å²) in [6.07, 6.45) is 0.710. The summed E-state index contributed by atoms with van der Waals surface area (Å²) in [6, 6.07) is 2.00. The lowest BCUT2D eigenvalue weighted by Crippen LogP contribution is -2.29. The second kappa shape index (κ2) is 9.13. The molecule has 0 heterocycles. The number of carbonyl (C=O) groups excluding carboxylic acids is 1. The van der Waals surface area contributed by atoms with Crippen molar-refractivity contribution in [1.29, 1.82) is 5.26 Å². The van der Waals surface area contributed by atoms with Crippen LogP contribution in [-0.4, -0.2) is 50.8 Å². The maximum absolute atomic E-state index is 11.5. The highest BCUT2D eigenvalue weighted by Gasteiger charge is 2.09. The van der Waals surface area contributed by atoms with Crippen LogP contribution in [0.25, 0.3) is 0 Å². The van der Waals surface area contributed by atoms with Gasteiger partial charge in [-0.2, -0.15) is 5.26 Å². The van der Waals surface area contributed by atoms with E-state index in [1.165, 1.54) is 0 Å². The minimum absolute atomic E-state index is 0.000123. The van der Waals surface area contributed by atoms with Gasteiger partial charge >= 0.3 is 0 Å². The van der Waals surface area contributed by atoms with Crippen LogP contribution in [0.3, 0.4) is 0 Å². The number of methoxy groups -OCH3 is 1.